The lowest BCUT2D eigenvalue weighted by atomic mass is 10.1. The van der Waals surface area contributed by atoms with Gasteiger partial charge in [-0.15, -0.1) is 0 Å². The van der Waals surface area contributed by atoms with E-state index in [0.717, 1.165) is 5.56 Å². The van der Waals surface area contributed by atoms with E-state index in [1.165, 1.54) is 12.1 Å². The normalized spacial score (nSPS) is 12.7. The van der Waals surface area contributed by atoms with E-state index in [4.69, 9.17) is 5.73 Å². The van der Waals surface area contributed by atoms with E-state index in [0.29, 0.717) is 5.82 Å². The van der Waals surface area contributed by atoms with Gasteiger partial charge in [-0.1, -0.05) is 12.1 Å². The van der Waals surface area contributed by atoms with Crippen LogP contribution in [0.5, 0.6) is 0 Å². The van der Waals surface area contributed by atoms with Crippen molar-refractivity contribution in [2.75, 3.05) is 0 Å². The molecule has 1 aromatic carbocycles. The van der Waals surface area contributed by atoms with Crippen LogP contribution in [0.15, 0.2) is 30.6 Å². The minimum absolute atomic E-state index is 0.278. The zero-order valence-electron chi connectivity index (χ0n) is 8.26. The topological polar surface area (TPSA) is 56.7 Å². The molecule has 1 unspecified atom stereocenters. The largest absolute Gasteiger partial charge is 0.318 e. The molecule has 0 aliphatic carbocycles. The van der Waals surface area contributed by atoms with Gasteiger partial charge in [0.15, 0.2) is 5.82 Å². The molecule has 4 nitrogen and oxygen atoms in total. The second-order valence-electron chi connectivity index (χ2n) is 3.31. The molecule has 1 aromatic heterocycles. The highest BCUT2D eigenvalue weighted by Crippen LogP contribution is 2.15. The van der Waals surface area contributed by atoms with Crippen LogP contribution in [0.4, 0.5) is 4.39 Å². The third-order valence-corrected chi connectivity index (χ3v) is 2.12. The molecule has 1 heterocycles. The standard InChI is InChI=1S/C10H11FN4/c1-15-6-13-10(14-15)9(12)7-2-4-8(11)5-3-7/h2-6,9H,12H2,1H3. The highest BCUT2D eigenvalue weighted by atomic mass is 19.1. The van der Waals surface area contributed by atoms with E-state index in [-0.39, 0.29) is 5.82 Å². The Morgan fingerprint density at radius 2 is 2.00 bits per heavy atom. The van der Waals surface area contributed by atoms with Crippen LogP contribution in [0.1, 0.15) is 17.4 Å². The van der Waals surface area contributed by atoms with Gasteiger partial charge in [0.2, 0.25) is 0 Å². The first-order valence-electron chi connectivity index (χ1n) is 4.53. The average Bonchev–Trinajstić information content (AvgIpc) is 2.65. The number of hydrogen-bond donors (Lipinski definition) is 1. The summed E-state index contributed by atoms with van der Waals surface area (Å²) in [5, 5.41) is 4.10. The first-order valence-corrected chi connectivity index (χ1v) is 4.53. The predicted octanol–water partition coefficient (Wildman–Crippen LogP) is 1.00. The fraction of sp³-hybridized carbons (Fsp3) is 0.200. The van der Waals surface area contributed by atoms with Crippen molar-refractivity contribution in [2.45, 2.75) is 6.04 Å². The number of rotatable bonds is 2. The molecule has 0 amide bonds. The third kappa shape index (κ3) is 2.02. The number of halogens is 1. The van der Waals surface area contributed by atoms with E-state index in [1.807, 2.05) is 0 Å². The van der Waals surface area contributed by atoms with E-state index < -0.39 is 6.04 Å². The van der Waals surface area contributed by atoms with Crippen LogP contribution < -0.4 is 5.73 Å². The van der Waals surface area contributed by atoms with Crippen LogP contribution in [-0.2, 0) is 7.05 Å². The Kier molecular flexibility index (Phi) is 2.47. The molecule has 0 bridgehead atoms. The van der Waals surface area contributed by atoms with Crippen molar-refractivity contribution in [3.63, 3.8) is 0 Å². The summed E-state index contributed by atoms with van der Waals surface area (Å²) in [4.78, 5) is 4.05. The molecule has 0 aliphatic heterocycles. The lowest BCUT2D eigenvalue weighted by molar-refractivity contribution is 0.625. The maximum Gasteiger partial charge on any atom is 0.171 e. The van der Waals surface area contributed by atoms with Crippen LogP contribution in [0.3, 0.4) is 0 Å². The smallest absolute Gasteiger partial charge is 0.171 e. The summed E-state index contributed by atoms with van der Waals surface area (Å²) in [6, 6.07) is 5.61. The highest BCUT2D eigenvalue weighted by Gasteiger charge is 2.12. The van der Waals surface area contributed by atoms with Gasteiger partial charge >= 0.3 is 0 Å². The van der Waals surface area contributed by atoms with Gasteiger partial charge < -0.3 is 5.73 Å². The number of benzene rings is 1. The summed E-state index contributed by atoms with van der Waals surface area (Å²) >= 11 is 0. The van der Waals surface area contributed by atoms with Crippen LogP contribution >= 0.6 is 0 Å². The Morgan fingerprint density at radius 1 is 1.33 bits per heavy atom. The van der Waals surface area contributed by atoms with Gasteiger partial charge in [-0.05, 0) is 17.7 Å². The van der Waals surface area contributed by atoms with E-state index in [9.17, 15) is 4.39 Å². The summed E-state index contributed by atoms with van der Waals surface area (Å²) in [5.74, 6) is 0.254. The zero-order chi connectivity index (χ0) is 10.8. The van der Waals surface area contributed by atoms with E-state index >= 15 is 0 Å². The zero-order valence-corrected chi connectivity index (χ0v) is 8.26. The lowest BCUT2D eigenvalue weighted by Crippen LogP contribution is -2.14. The van der Waals surface area contributed by atoms with Crippen molar-refractivity contribution in [3.05, 3.63) is 47.8 Å². The molecule has 0 radical (unpaired) electrons. The molecule has 0 spiro atoms. The van der Waals surface area contributed by atoms with Crippen molar-refractivity contribution < 1.29 is 4.39 Å². The van der Waals surface area contributed by atoms with Crippen molar-refractivity contribution in [2.24, 2.45) is 12.8 Å². The number of nitrogens with zero attached hydrogens (tertiary/aromatic N) is 3. The van der Waals surface area contributed by atoms with E-state index in [1.54, 1.807) is 30.2 Å². The van der Waals surface area contributed by atoms with Crippen LogP contribution in [-0.4, -0.2) is 14.8 Å². The Hall–Kier alpha value is -1.75. The minimum Gasteiger partial charge on any atom is -0.318 e. The third-order valence-electron chi connectivity index (χ3n) is 2.12. The van der Waals surface area contributed by atoms with Crippen LogP contribution in [0, 0.1) is 5.82 Å². The lowest BCUT2D eigenvalue weighted by Gasteiger charge is -2.07. The number of nitrogens with two attached hydrogens (primary N) is 1. The molecule has 0 fully saturated rings. The first-order chi connectivity index (χ1) is 7.16. The maximum absolute atomic E-state index is 12.7. The quantitative estimate of drug-likeness (QED) is 0.797. The van der Waals surface area contributed by atoms with Gasteiger partial charge in [-0.2, -0.15) is 5.10 Å². The Bertz CT molecular complexity index is 449. The molecule has 0 saturated carbocycles. The fourth-order valence-electron chi connectivity index (χ4n) is 1.32. The second kappa shape index (κ2) is 3.78. The van der Waals surface area contributed by atoms with Gasteiger partial charge in [-0.25, -0.2) is 9.37 Å². The molecular formula is C10H11FN4. The molecule has 0 aliphatic rings. The summed E-state index contributed by atoms with van der Waals surface area (Å²) < 4.78 is 14.3. The van der Waals surface area contributed by atoms with Gasteiger partial charge in [-0.3, -0.25) is 4.68 Å². The Morgan fingerprint density at radius 3 is 2.53 bits per heavy atom. The molecule has 0 saturated heterocycles. The molecule has 1 atom stereocenters. The molecule has 15 heavy (non-hydrogen) atoms. The van der Waals surface area contributed by atoms with E-state index in [2.05, 4.69) is 10.1 Å². The average molecular weight is 206 g/mol. The fourth-order valence-corrected chi connectivity index (χ4v) is 1.32. The predicted molar refractivity (Wildman–Crippen MR) is 53.4 cm³/mol. The Balaban J connectivity index is 2.28. The molecule has 2 aromatic rings. The monoisotopic (exact) mass is 206 g/mol. The Labute approximate surface area is 86.6 Å². The molecule has 2 N–H and O–H groups in total. The second-order valence-corrected chi connectivity index (χ2v) is 3.31. The first kappa shape index (κ1) is 9.79. The molecule has 78 valence electrons. The van der Waals surface area contributed by atoms with Gasteiger partial charge in [0.25, 0.3) is 0 Å². The van der Waals surface area contributed by atoms with Gasteiger partial charge in [0.05, 0.1) is 6.04 Å². The molecular weight excluding hydrogens is 195 g/mol. The van der Waals surface area contributed by atoms with Crippen molar-refractivity contribution >= 4 is 0 Å². The van der Waals surface area contributed by atoms with Crippen molar-refractivity contribution in [1.29, 1.82) is 0 Å². The molecule has 2 rings (SSSR count). The minimum atomic E-state index is -0.410. The maximum atomic E-state index is 12.7. The SMILES string of the molecule is Cn1cnc(C(N)c2ccc(F)cc2)n1. The van der Waals surface area contributed by atoms with Gasteiger partial charge in [0, 0.05) is 7.05 Å². The highest BCUT2D eigenvalue weighted by molar-refractivity contribution is 5.24. The van der Waals surface area contributed by atoms with Crippen molar-refractivity contribution in [1.82, 2.24) is 14.8 Å². The van der Waals surface area contributed by atoms with Gasteiger partial charge in [0.1, 0.15) is 12.1 Å². The van der Waals surface area contributed by atoms with Crippen LogP contribution in [0.2, 0.25) is 0 Å². The number of aromatic nitrogens is 3. The summed E-state index contributed by atoms with van der Waals surface area (Å²) in [6.07, 6.45) is 1.58. The summed E-state index contributed by atoms with van der Waals surface area (Å²) in [5.41, 5.74) is 6.71. The molecule has 5 heteroatoms. The summed E-state index contributed by atoms with van der Waals surface area (Å²) in [7, 11) is 1.77. The number of hydrogen-bond acceptors (Lipinski definition) is 3. The summed E-state index contributed by atoms with van der Waals surface area (Å²) in [6.45, 7) is 0. The van der Waals surface area contributed by atoms with Crippen molar-refractivity contribution in [3.8, 4) is 0 Å². The van der Waals surface area contributed by atoms with Crippen LogP contribution in [0.25, 0.3) is 0 Å². The number of aryl methyl sites for hydroxylation is 1.